The molecule has 10 heteroatoms. The Hall–Kier alpha value is -3.40. The van der Waals surface area contributed by atoms with Crippen LogP contribution in [0.5, 0.6) is 11.5 Å². The minimum Gasteiger partial charge on any atom is -0.497 e. The number of rotatable bonds is 7. The van der Waals surface area contributed by atoms with Gasteiger partial charge in [0.05, 0.1) is 31.7 Å². The summed E-state index contributed by atoms with van der Waals surface area (Å²) in [6, 6.07) is 10.8. The van der Waals surface area contributed by atoms with Crippen LogP contribution in [0.4, 0.5) is 0 Å². The summed E-state index contributed by atoms with van der Waals surface area (Å²) in [4.78, 5) is 0. The molecule has 0 unspecified atom stereocenters. The van der Waals surface area contributed by atoms with Gasteiger partial charge in [-0.1, -0.05) is 16.9 Å². The van der Waals surface area contributed by atoms with Gasteiger partial charge in [0, 0.05) is 17.9 Å². The van der Waals surface area contributed by atoms with Crippen LogP contribution in [0.25, 0.3) is 22.9 Å². The molecule has 4 rings (SSSR count). The van der Waals surface area contributed by atoms with Gasteiger partial charge in [-0.2, -0.15) is 0 Å². The summed E-state index contributed by atoms with van der Waals surface area (Å²) in [5.74, 6) is 9.66. The molecule has 3 aromatic heterocycles. The molecule has 0 aliphatic rings. The van der Waals surface area contributed by atoms with E-state index in [1.165, 1.54) is 16.4 Å². The van der Waals surface area contributed by atoms with Gasteiger partial charge in [0.1, 0.15) is 11.5 Å². The van der Waals surface area contributed by atoms with Gasteiger partial charge in [0.2, 0.25) is 10.9 Å². The molecule has 0 spiro atoms. The van der Waals surface area contributed by atoms with Crippen molar-refractivity contribution in [3.05, 3.63) is 48.4 Å². The van der Waals surface area contributed by atoms with Crippen molar-refractivity contribution in [3.8, 4) is 34.4 Å². The van der Waals surface area contributed by atoms with Crippen LogP contribution in [0.15, 0.2) is 56.8 Å². The van der Waals surface area contributed by atoms with E-state index < -0.39 is 0 Å². The van der Waals surface area contributed by atoms with Crippen LogP contribution < -0.4 is 15.3 Å². The van der Waals surface area contributed by atoms with Gasteiger partial charge in [-0.25, -0.2) is 4.68 Å². The molecule has 28 heavy (non-hydrogen) atoms. The zero-order chi connectivity index (χ0) is 19.5. The van der Waals surface area contributed by atoms with E-state index in [0.29, 0.717) is 45.3 Å². The first-order chi connectivity index (χ1) is 13.7. The van der Waals surface area contributed by atoms with E-state index >= 15 is 0 Å². The number of nitrogen functional groups attached to an aromatic ring is 1. The third-order valence-corrected chi connectivity index (χ3v) is 4.96. The lowest BCUT2D eigenvalue weighted by atomic mass is 10.2. The molecular formula is C18H17N5O4S. The molecule has 9 nitrogen and oxygen atoms in total. The van der Waals surface area contributed by atoms with Crippen molar-refractivity contribution in [2.45, 2.75) is 10.9 Å². The number of thioether (sulfide) groups is 1. The van der Waals surface area contributed by atoms with Gasteiger partial charge in [-0.3, -0.25) is 0 Å². The summed E-state index contributed by atoms with van der Waals surface area (Å²) >= 11 is 1.39. The third-order valence-electron chi connectivity index (χ3n) is 3.99. The van der Waals surface area contributed by atoms with Gasteiger partial charge in [0.15, 0.2) is 11.6 Å². The minimum atomic E-state index is 0.485. The zero-order valence-corrected chi connectivity index (χ0v) is 16.0. The van der Waals surface area contributed by atoms with Crippen LogP contribution in [0.3, 0.4) is 0 Å². The van der Waals surface area contributed by atoms with Crippen LogP contribution in [-0.2, 0) is 5.75 Å². The van der Waals surface area contributed by atoms with Crippen molar-refractivity contribution in [1.29, 1.82) is 0 Å². The summed E-state index contributed by atoms with van der Waals surface area (Å²) in [7, 11) is 3.17. The van der Waals surface area contributed by atoms with Gasteiger partial charge in [-0.15, -0.1) is 10.2 Å². The minimum absolute atomic E-state index is 0.485. The van der Waals surface area contributed by atoms with Gasteiger partial charge in [0.25, 0.3) is 0 Å². The first kappa shape index (κ1) is 18.0. The summed E-state index contributed by atoms with van der Waals surface area (Å²) in [6.07, 6.45) is 1.58. The maximum absolute atomic E-state index is 6.20. The predicted octanol–water partition coefficient (Wildman–Crippen LogP) is 3.22. The lowest BCUT2D eigenvalue weighted by molar-refractivity contribution is 0.395. The number of furan rings is 1. The lowest BCUT2D eigenvalue weighted by Gasteiger charge is -2.09. The van der Waals surface area contributed by atoms with E-state index in [9.17, 15) is 0 Å². The van der Waals surface area contributed by atoms with Crippen molar-refractivity contribution in [2.75, 3.05) is 20.1 Å². The molecule has 0 saturated carbocycles. The lowest BCUT2D eigenvalue weighted by Crippen LogP contribution is -2.12. The highest BCUT2D eigenvalue weighted by atomic mass is 32.2. The van der Waals surface area contributed by atoms with Gasteiger partial charge in [-0.05, 0) is 24.3 Å². The number of aromatic nitrogens is 4. The molecule has 144 valence electrons. The number of methoxy groups -OCH3 is 2. The molecule has 0 radical (unpaired) electrons. The standard InChI is InChI=1S/C18H17N5O4S/c1-24-12-5-6-13(15(9-12)25-2)17-20-21-18(23(17)19)28-10-11-8-16(27-22-11)14-4-3-7-26-14/h3-9H,10,19H2,1-2H3. The van der Waals surface area contributed by atoms with E-state index in [1.54, 1.807) is 32.6 Å². The van der Waals surface area contributed by atoms with Crippen LogP contribution >= 0.6 is 11.8 Å². The van der Waals surface area contributed by atoms with Crippen LogP contribution in [0, 0.1) is 0 Å². The fourth-order valence-electron chi connectivity index (χ4n) is 2.60. The molecule has 0 fully saturated rings. The average Bonchev–Trinajstić information content (AvgIpc) is 3.47. The number of hydrogen-bond donors (Lipinski definition) is 1. The first-order valence-corrected chi connectivity index (χ1v) is 9.23. The summed E-state index contributed by atoms with van der Waals surface area (Å²) in [5.41, 5.74) is 1.45. The monoisotopic (exact) mass is 399 g/mol. The molecule has 0 saturated heterocycles. The Morgan fingerprint density at radius 3 is 2.75 bits per heavy atom. The van der Waals surface area contributed by atoms with Crippen molar-refractivity contribution >= 4 is 11.8 Å². The van der Waals surface area contributed by atoms with Crippen LogP contribution in [0.2, 0.25) is 0 Å². The topological polar surface area (TPSA) is 114 Å². The molecule has 4 aromatic rings. The molecular weight excluding hydrogens is 382 g/mol. The summed E-state index contributed by atoms with van der Waals surface area (Å²) in [6.45, 7) is 0. The number of nitrogens with zero attached hydrogens (tertiary/aromatic N) is 4. The van der Waals surface area contributed by atoms with E-state index in [4.69, 9.17) is 24.3 Å². The zero-order valence-electron chi connectivity index (χ0n) is 15.2. The number of hydrogen-bond acceptors (Lipinski definition) is 9. The molecule has 2 N–H and O–H groups in total. The summed E-state index contributed by atoms with van der Waals surface area (Å²) in [5, 5.41) is 12.9. The quantitative estimate of drug-likeness (QED) is 0.369. The Morgan fingerprint density at radius 2 is 2.00 bits per heavy atom. The number of benzene rings is 1. The normalized spacial score (nSPS) is 10.9. The highest BCUT2D eigenvalue weighted by Gasteiger charge is 2.18. The SMILES string of the molecule is COc1ccc(-c2nnc(SCc3cc(-c4ccco4)on3)n2N)c(OC)c1. The molecule has 3 heterocycles. The highest BCUT2D eigenvalue weighted by molar-refractivity contribution is 7.98. The smallest absolute Gasteiger partial charge is 0.210 e. The molecule has 1 aromatic carbocycles. The van der Waals surface area contributed by atoms with E-state index in [0.717, 1.165) is 5.69 Å². The second-order valence-electron chi connectivity index (χ2n) is 5.69. The van der Waals surface area contributed by atoms with Gasteiger partial charge >= 0.3 is 0 Å². The summed E-state index contributed by atoms with van der Waals surface area (Å²) < 4.78 is 22.6. The maximum Gasteiger partial charge on any atom is 0.210 e. The van der Waals surface area contributed by atoms with Crippen molar-refractivity contribution < 1.29 is 18.4 Å². The second kappa shape index (κ2) is 7.69. The van der Waals surface area contributed by atoms with Crippen molar-refractivity contribution in [2.24, 2.45) is 0 Å². The van der Waals surface area contributed by atoms with Crippen molar-refractivity contribution in [1.82, 2.24) is 20.0 Å². The number of ether oxygens (including phenoxy) is 2. The molecule has 0 bridgehead atoms. The molecule has 0 aliphatic heterocycles. The highest BCUT2D eigenvalue weighted by Crippen LogP contribution is 2.33. The van der Waals surface area contributed by atoms with E-state index in [1.807, 2.05) is 24.3 Å². The average molecular weight is 399 g/mol. The maximum atomic E-state index is 6.20. The fourth-order valence-corrected chi connectivity index (χ4v) is 3.33. The van der Waals surface area contributed by atoms with E-state index in [-0.39, 0.29) is 0 Å². The predicted molar refractivity (Wildman–Crippen MR) is 102 cm³/mol. The second-order valence-corrected chi connectivity index (χ2v) is 6.63. The van der Waals surface area contributed by atoms with Gasteiger partial charge < -0.3 is 24.3 Å². The van der Waals surface area contributed by atoms with E-state index in [2.05, 4.69) is 15.4 Å². The Balaban J connectivity index is 1.51. The first-order valence-electron chi connectivity index (χ1n) is 8.24. The molecule has 0 atom stereocenters. The molecule has 0 aliphatic carbocycles. The van der Waals surface area contributed by atoms with Crippen LogP contribution in [-0.4, -0.2) is 34.2 Å². The third kappa shape index (κ3) is 3.41. The Kier molecular flexibility index (Phi) is 4.94. The van der Waals surface area contributed by atoms with Crippen molar-refractivity contribution in [3.63, 3.8) is 0 Å². The number of nitrogens with two attached hydrogens (primary N) is 1. The fraction of sp³-hybridized carbons (Fsp3) is 0.167. The molecule has 0 amide bonds. The Labute approximate surface area is 164 Å². The Morgan fingerprint density at radius 1 is 1.11 bits per heavy atom. The van der Waals surface area contributed by atoms with Crippen LogP contribution in [0.1, 0.15) is 5.69 Å². The largest absolute Gasteiger partial charge is 0.497 e. The Bertz CT molecular complexity index is 1070.